The molecule has 0 radical (unpaired) electrons. The molecule has 1 saturated carbocycles. The van der Waals surface area contributed by atoms with Crippen molar-refractivity contribution in [2.75, 3.05) is 11.9 Å². The Hall–Kier alpha value is -2.85. The van der Waals surface area contributed by atoms with Gasteiger partial charge in [0.25, 0.3) is 17.7 Å². The number of nitrogens with zero attached hydrogens (tertiary/aromatic N) is 6. The second-order valence-corrected chi connectivity index (χ2v) is 7.03. The molecule has 0 aromatic carbocycles. The summed E-state index contributed by atoms with van der Waals surface area (Å²) in [6, 6.07) is 1.06. The number of rotatable bonds is 4. The van der Waals surface area contributed by atoms with Crippen molar-refractivity contribution in [1.29, 1.82) is 0 Å². The van der Waals surface area contributed by atoms with E-state index in [1.54, 1.807) is 17.8 Å². The second kappa shape index (κ2) is 6.10. The minimum absolute atomic E-state index is 0.0127. The fourth-order valence-corrected chi connectivity index (χ4v) is 3.22. The van der Waals surface area contributed by atoms with Gasteiger partial charge in [0.15, 0.2) is 0 Å². The van der Waals surface area contributed by atoms with E-state index in [1.165, 1.54) is 15.9 Å². The standard InChI is InChI=1S/C16H19F2N7O2/c1-9-5-12-23(2)15(27)11(3-4-25(12)21-9)20-14(26)13-19-8-24(22-13)7-10-6-16(10,17)18/h5,8,10-11H,3-4,6-7H2,1-2H3,(H,20,26). The number of carbonyl (C=O) groups is 2. The molecular formula is C16H19F2N7O2. The molecule has 1 aliphatic heterocycles. The third kappa shape index (κ3) is 3.28. The van der Waals surface area contributed by atoms with Crippen molar-refractivity contribution in [2.24, 2.45) is 5.92 Å². The van der Waals surface area contributed by atoms with E-state index in [0.717, 1.165) is 5.69 Å². The Morgan fingerprint density at radius 2 is 2.15 bits per heavy atom. The molecule has 9 nitrogen and oxygen atoms in total. The lowest BCUT2D eigenvalue weighted by Crippen LogP contribution is -2.47. The van der Waals surface area contributed by atoms with Crippen molar-refractivity contribution >= 4 is 17.6 Å². The lowest BCUT2D eigenvalue weighted by atomic mass is 10.2. The highest BCUT2D eigenvalue weighted by Crippen LogP contribution is 2.49. The summed E-state index contributed by atoms with van der Waals surface area (Å²) in [6.45, 7) is 2.33. The van der Waals surface area contributed by atoms with Gasteiger partial charge >= 0.3 is 0 Å². The first-order chi connectivity index (χ1) is 12.7. The van der Waals surface area contributed by atoms with Gasteiger partial charge < -0.3 is 5.32 Å². The van der Waals surface area contributed by atoms with E-state index >= 15 is 0 Å². The molecule has 1 N–H and O–H groups in total. The highest BCUT2D eigenvalue weighted by molar-refractivity contribution is 6.00. The summed E-state index contributed by atoms with van der Waals surface area (Å²) in [7, 11) is 1.63. The molecular weight excluding hydrogens is 360 g/mol. The lowest BCUT2D eigenvalue weighted by molar-refractivity contribution is -0.120. The van der Waals surface area contributed by atoms with Gasteiger partial charge in [-0.2, -0.15) is 5.10 Å². The number of amides is 2. The van der Waals surface area contributed by atoms with E-state index in [0.29, 0.717) is 18.8 Å². The van der Waals surface area contributed by atoms with Gasteiger partial charge in [0.05, 0.1) is 12.2 Å². The minimum Gasteiger partial charge on any atom is -0.337 e. The number of likely N-dealkylation sites (N-methyl/N-ethyl adjacent to an activating group) is 1. The van der Waals surface area contributed by atoms with Crippen molar-refractivity contribution < 1.29 is 18.4 Å². The SMILES string of the molecule is Cc1cc2n(n1)CCC(NC(=O)c1ncn(CC3CC3(F)F)n1)C(=O)N2C. The van der Waals surface area contributed by atoms with E-state index in [-0.39, 0.29) is 24.7 Å². The largest absolute Gasteiger partial charge is 0.337 e. The van der Waals surface area contributed by atoms with Crippen molar-refractivity contribution in [1.82, 2.24) is 29.9 Å². The Kier molecular flexibility index (Phi) is 3.97. The number of carbonyl (C=O) groups excluding carboxylic acids is 2. The summed E-state index contributed by atoms with van der Waals surface area (Å²) in [5, 5.41) is 10.9. The van der Waals surface area contributed by atoms with Crippen molar-refractivity contribution in [3.05, 3.63) is 23.9 Å². The first-order valence-electron chi connectivity index (χ1n) is 8.65. The molecule has 0 spiro atoms. The van der Waals surface area contributed by atoms with E-state index in [4.69, 9.17) is 0 Å². The number of hydrogen-bond acceptors (Lipinski definition) is 5. The fourth-order valence-electron chi connectivity index (χ4n) is 3.22. The molecule has 0 bridgehead atoms. The van der Waals surface area contributed by atoms with E-state index in [1.807, 2.05) is 6.92 Å². The normalized spacial score (nSPS) is 23.7. The maximum Gasteiger partial charge on any atom is 0.291 e. The zero-order chi connectivity index (χ0) is 19.3. The molecule has 1 fully saturated rings. The molecule has 2 aromatic rings. The highest BCUT2D eigenvalue weighted by Gasteiger charge is 2.56. The molecule has 2 atom stereocenters. The maximum atomic E-state index is 13.0. The molecule has 0 saturated heterocycles. The van der Waals surface area contributed by atoms with Gasteiger partial charge in [0, 0.05) is 32.0 Å². The van der Waals surface area contributed by atoms with Crippen LogP contribution in [-0.2, 0) is 17.9 Å². The van der Waals surface area contributed by atoms with Gasteiger partial charge in [-0.25, -0.2) is 18.4 Å². The van der Waals surface area contributed by atoms with Crippen LogP contribution in [0.15, 0.2) is 12.4 Å². The number of aromatic nitrogens is 5. The van der Waals surface area contributed by atoms with Crippen LogP contribution < -0.4 is 10.2 Å². The number of nitrogens with one attached hydrogen (secondary N) is 1. The Bertz CT molecular complexity index is 906. The topological polar surface area (TPSA) is 97.9 Å². The van der Waals surface area contributed by atoms with Crippen LogP contribution in [0, 0.1) is 12.8 Å². The van der Waals surface area contributed by atoms with Crippen LogP contribution in [0.1, 0.15) is 29.2 Å². The zero-order valence-electron chi connectivity index (χ0n) is 14.9. The first kappa shape index (κ1) is 17.6. The van der Waals surface area contributed by atoms with Gasteiger partial charge in [0.1, 0.15) is 18.2 Å². The van der Waals surface area contributed by atoms with Crippen LogP contribution >= 0.6 is 0 Å². The fraction of sp³-hybridized carbons (Fsp3) is 0.562. The molecule has 2 aliphatic rings. The molecule has 3 heterocycles. The van der Waals surface area contributed by atoms with Crippen LogP contribution in [0.3, 0.4) is 0 Å². The predicted octanol–water partition coefficient (Wildman–Crippen LogP) is 0.603. The summed E-state index contributed by atoms with van der Waals surface area (Å²) in [6.07, 6.45) is 1.45. The van der Waals surface area contributed by atoms with Gasteiger partial charge in [0.2, 0.25) is 5.82 Å². The third-order valence-corrected chi connectivity index (χ3v) is 4.89. The Morgan fingerprint density at radius 1 is 1.41 bits per heavy atom. The molecule has 11 heteroatoms. The van der Waals surface area contributed by atoms with Gasteiger partial charge in [-0.3, -0.25) is 19.2 Å². The summed E-state index contributed by atoms with van der Waals surface area (Å²) in [5.41, 5.74) is 0.808. The lowest BCUT2D eigenvalue weighted by Gasteiger charge is -2.19. The smallest absolute Gasteiger partial charge is 0.291 e. The average molecular weight is 379 g/mol. The predicted molar refractivity (Wildman–Crippen MR) is 89.3 cm³/mol. The number of halogens is 2. The summed E-state index contributed by atoms with van der Waals surface area (Å²) < 4.78 is 29.0. The highest BCUT2D eigenvalue weighted by atomic mass is 19.3. The average Bonchev–Trinajstić information content (AvgIpc) is 2.97. The number of anilines is 1. The number of hydrogen-bond donors (Lipinski definition) is 1. The Labute approximate surface area is 153 Å². The third-order valence-electron chi connectivity index (χ3n) is 4.89. The quantitative estimate of drug-likeness (QED) is 0.839. The monoisotopic (exact) mass is 379 g/mol. The first-order valence-corrected chi connectivity index (χ1v) is 8.65. The van der Waals surface area contributed by atoms with Gasteiger partial charge in [-0.05, 0) is 13.3 Å². The van der Waals surface area contributed by atoms with E-state index < -0.39 is 23.8 Å². The zero-order valence-corrected chi connectivity index (χ0v) is 14.9. The van der Waals surface area contributed by atoms with Crippen molar-refractivity contribution in [3.63, 3.8) is 0 Å². The van der Waals surface area contributed by atoms with E-state index in [9.17, 15) is 18.4 Å². The van der Waals surface area contributed by atoms with Crippen LogP contribution in [0.4, 0.5) is 14.6 Å². The number of fused-ring (bicyclic) bond motifs is 1. The van der Waals surface area contributed by atoms with Crippen molar-refractivity contribution in [2.45, 2.75) is 44.8 Å². The molecule has 27 heavy (non-hydrogen) atoms. The Morgan fingerprint density at radius 3 is 2.85 bits per heavy atom. The molecule has 1 aliphatic carbocycles. The number of aryl methyl sites for hydroxylation is 2. The Balaban J connectivity index is 1.42. The van der Waals surface area contributed by atoms with Gasteiger partial charge in [-0.1, -0.05) is 0 Å². The van der Waals surface area contributed by atoms with Crippen LogP contribution in [-0.4, -0.2) is 55.4 Å². The van der Waals surface area contributed by atoms with Crippen LogP contribution in [0.25, 0.3) is 0 Å². The minimum atomic E-state index is -2.66. The maximum absolute atomic E-state index is 13.0. The van der Waals surface area contributed by atoms with Crippen LogP contribution in [0.5, 0.6) is 0 Å². The molecule has 2 aromatic heterocycles. The van der Waals surface area contributed by atoms with Gasteiger partial charge in [-0.15, -0.1) is 5.10 Å². The summed E-state index contributed by atoms with van der Waals surface area (Å²) >= 11 is 0. The molecule has 4 rings (SSSR count). The summed E-state index contributed by atoms with van der Waals surface area (Å²) in [4.78, 5) is 30.4. The molecule has 2 unspecified atom stereocenters. The van der Waals surface area contributed by atoms with Crippen molar-refractivity contribution in [3.8, 4) is 0 Å². The molecule has 144 valence electrons. The molecule has 2 amide bonds. The van der Waals surface area contributed by atoms with E-state index in [2.05, 4.69) is 20.5 Å². The number of alkyl halides is 2. The van der Waals surface area contributed by atoms with Crippen LogP contribution in [0.2, 0.25) is 0 Å². The second-order valence-electron chi connectivity index (χ2n) is 7.03. The summed E-state index contributed by atoms with van der Waals surface area (Å²) in [5.74, 6) is -3.78.